The second-order valence-electron chi connectivity index (χ2n) is 7.05. The highest BCUT2D eigenvalue weighted by atomic mass is 19.1. The highest BCUT2D eigenvalue weighted by Crippen LogP contribution is 2.29. The van der Waals surface area contributed by atoms with Crippen molar-refractivity contribution in [2.75, 3.05) is 6.54 Å². The molecule has 0 radical (unpaired) electrons. The summed E-state index contributed by atoms with van der Waals surface area (Å²) in [5.74, 6) is 0.365. The third kappa shape index (κ3) is 3.20. The molecule has 1 aliphatic rings. The number of fused-ring (bicyclic) bond motifs is 3. The fourth-order valence-corrected chi connectivity index (χ4v) is 3.50. The van der Waals surface area contributed by atoms with E-state index in [1.165, 1.54) is 11.6 Å². The number of nitrogens with zero attached hydrogens (tertiary/aromatic N) is 4. The molecule has 3 aromatic rings. The number of hydrogen-bond acceptors (Lipinski definition) is 3. The van der Waals surface area contributed by atoms with E-state index in [9.17, 15) is 4.39 Å². The predicted molar refractivity (Wildman–Crippen MR) is 95.7 cm³/mol. The zero-order valence-electron chi connectivity index (χ0n) is 14.5. The lowest BCUT2D eigenvalue weighted by Gasteiger charge is -2.22. The lowest BCUT2D eigenvalue weighted by atomic mass is 10.0. The van der Waals surface area contributed by atoms with Gasteiger partial charge < -0.3 is 0 Å². The number of aromatic nitrogens is 3. The molecule has 0 N–H and O–H groups in total. The summed E-state index contributed by atoms with van der Waals surface area (Å²) < 4.78 is 15.5. The fourth-order valence-electron chi connectivity index (χ4n) is 3.50. The van der Waals surface area contributed by atoms with E-state index in [1.54, 1.807) is 12.1 Å². The third-order valence-corrected chi connectivity index (χ3v) is 4.49. The fraction of sp³-hybridized carbons (Fsp3) is 0.300. The van der Waals surface area contributed by atoms with Crippen LogP contribution in [-0.2, 0) is 13.1 Å². The SMILES string of the molecule is CC(C)CN1Cc2cc(-c3cccc(F)c3)ccc2-n2nncc2C1. The van der Waals surface area contributed by atoms with Gasteiger partial charge in [0.15, 0.2) is 0 Å². The highest BCUT2D eigenvalue weighted by Gasteiger charge is 2.21. The molecule has 25 heavy (non-hydrogen) atoms. The van der Waals surface area contributed by atoms with Gasteiger partial charge in [-0.05, 0) is 46.9 Å². The van der Waals surface area contributed by atoms with Gasteiger partial charge in [0.05, 0.1) is 17.6 Å². The number of benzene rings is 2. The highest BCUT2D eigenvalue weighted by molar-refractivity contribution is 5.66. The Bertz CT molecular complexity index is 900. The lowest BCUT2D eigenvalue weighted by molar-refractivity contribution is 0.228. The number of hydrogen-bond donors (Lipinski definition) is 0. The number of rotatable bonds is 3. The van der Waals surface area contributed by atoms with Gasteiger partial charge in [-0.1, -0.05) is 37.3 Å². The van der Waals surface area contributed by atoms with Gasteiger partial charge in [0.2, 0.25) is 0 Å². The van der Waals surface area contributed by atoms with Crippen LogP contribution in [0.5, 0.6) is 0 Å². The van der Waals surface area contributed by atoms with Crippen LogP contribution in [0.1, 0.15) is 25.1 Å². The van der Waals surface area contributed by atoms with Crippen molar-refractivity contribution >= 4 is 0 Å². The van der Waals surface area contributed by atoms with Crippen LogP contribution >= 0.6 is 0 Å². The van der Waals surface area contributed by atoms with Crippen molar-refractivity contribution in [1.82, 2.24) is 19.9 Å². The van der Waals surface area contributed by atoms with Crippen molar-refractivity contribution < 1.29 is 4.39 Å². The van der Waals surface area contributed by atoms with Crippen LogP contribution in [-0.4, -0.2) is 26.4 Å². The van der Waals surface area contributed by atoms with Crippen molar-refractivity contribution in [2.45, 2.75) is 26.9 Å². The second kappa shape index (κ2) is 6.41. The van der Waals surface area contributed by atoms with Gasteiger partial charge >= 0.3 is 0 Å². The molecule has 2 heterocycles. The molecule has 0 amide bonds. The Hall–Kier alpha value is -2.53. The summed E-state index contributed by atoms with van der Waals surface area (Å²) >= 11 is 0. The molecule has 0 fully saturated rings. The van der Waals surface area contributed by atoms with E-state index in [0.29, 0.717) is 5.92 Å². The first-order valence-corrected chi connectivity index (χ1v) is 8.61. The van der Waals surface area contributed by atoms with Crippen LogP contribution in [0.2, 0.25) is 0 Å². The van der Waals surface area contributed by atoms with Crippen molar-refractivity contribution in [3.05, 3.63) is 65.7 Å². The predicted octanol–water partition coefficient (Wildman–Crippen LogP) is 4.05. The molecule has 0 bridgehead atoms. The van der Waals surface area contributed by atoms with Gasteiger partial charge in [0.1, 0.15) is 5.82 Å². The summed E-state index contributed by atoms with van der Waals surface area (Å²) in [6, 6.07) is 13.0. The molecule has 0 unspecified atom stereocenters. The van der Waals surface area contributed by atoms with Gasteiger partial charge in [-0.25, -0.2) is 9.07 Å². The van der Waals surface area contributed by atoms with Crippen molar-refractivity contribution in [2.24, 2.45) is 5.92 Å². The zero-order chi connectivity index (χ0) is 17.4. The summed E-state index contributed by atoms with van der Waals surface area (Å²) in [6.07, 6.45) is 1.84. The Morgan fingerprint density at radius 1 is 1.08 bits per heavy atom. The van der Waals surface area contributed by atoms with Crippen LogP contribution in [0.3, 0.4) is 0 Å². The van der Waals surface area contributed by atoms with E-state index < -0.39 is 0 Å². The molecule has 0 saturated heterocycles. The minimum atomic E-state index is -0.215. The minimum Gasteiger partial charge on any atom is -0.293 e. The molecule has 5 heteroatoms. The van der Waals surface area contributed by atoms with Gasteiger partial charge in [0.25, 0.3) is 0 Å². The largest absolute Gasteiger partial charge is 0.293 e. The molecule has 2 aromatic carbocycles. The Balaban J connectivity index is 1.79. The first kappa shape index (κ1) is 16.0. The van der Waals surface area contributed by atoms with E-state index in [-0.39, 0.29) is 5.82 Å². The molecule has 0 atom stereocenters. The first-order chi connectivity index (χ1) is 12.1. The maximum Gasteiger partial charge on any atom is 0.123 e. The summed E-state index contributed by atoms with van der Waals surface area (Å²) in [7, 11) is 0. The normalized spacial score (nSPS) is 14.2. The summed E-state index contributed by atoms with van der Waals surface area (Å²) in [6.45, 7) is 7.14. The van der Waals surface area contributed by atoms with Crippen LogP contribution in [0, 0.1) is 11.7 Å². The molecular weight excluding hydrogens is 315 g/mol. The monoisotopic (exact) mass is 336 g/mol. The smallest absolute Gasteiger partial charge is 0.123 e. The Kier molecular flexibility index (Phi) is 4.09. The van der Waals surface area contributed by atoms with Gasteiger partial charge in [-0.15, -0.1) is 5.10 Å². The zero-order valence-corrected chi connectivity index (χ0v) is 14.5. The topological polar surface area (TPSA) is 34.0 Å². The third-order valence-electron chi connectivity index (χ3n) is 4.49. The minimum absolute atomic E-state index is 0.215. The maximum atomic E-state index is 13.6. The Labute approximate surface area is 146 Å². The molecular formula is C20H21FN4. The molecule has 0 saturated carbocycles. The molecule has 4 rings (SSSR count). The molecule has 128 valence electrons. The molecule has 1 aromatic heterocycles. The van der Waals surface area contributed by atoms with Crippen LogP contribution in [0.15, 0.2) is 48.7 Å². The van der Waals surface area contributed by atoms with Gasteiger partial charge in [-0.2, -0.15) is 0 Å². The first-order valence-electron chi connectivity index (χ1n) is 8.61. The van der Waals surface area contributed by atoms with Crippen molar-refractivity contribution in [1.29, 1.82) is 0 Å². The van der Waals surface area contributed by atoms with Crippen molar-refractivity contribution in [3.8, 4) is 16.8 Å². The Morgan fingerprint density at radius 2 is 1.92 bits per heavy atom. The van der Waals surface area contributed by atoms with Gasteiger partial charge in [-0.3, -0.25) is 4.90 Å². The van der Waals surface area contributed by atoms with Crippen LogP contribution in [0.4, 0.5) is 4.39 Å². The summed E-state index contributed by atoms with van der Waals surface area (Å²) in [5.41, 5.74) is 5.25. The van der Waals surface area contributed by atoms with Crippen LogP contribution in [0.25, 0.3) is 16.8 Å². The summed E-state index contributed by atoms with van der Waals surface area (Å²) in [4.78, 5) is 2.42. The molecule has 0 spiro atoms. The van der Waals surface area contributed by atoms with E-state index in [4.69, 9.17) is 0 Å². The van der Waals surface area contributed by atoms with E-state index in [2.05, 4.69) is 41.2 Å². The average molecular weight is 336 g/mol. The average Bonchev–Trinajstić information content (AvgIpc) is 2.96. The Morgan fingerprint density at radius 3 is 2.72 bits per heavy atom. The summed E-state index contributed by atoms with van der Waals surface area (Å²) in [5, 5.41) is 8.36. The number of halogens is 1. The molecule has 0 aliphatic carbocycles. The van der Waals surface area contributed by atoms with E-state index in [1.807, 2.05) is 23.0 Å². The van der Waals surface area contributed by atoms with Gasteiger partial charge in [0, 0.05) is 19.6 Å². The lowest BCUT2D eigenvalue weighted by Crippen LogP contribution is -2.26. The van der Waals surface area contributed by atoms with E-state index >= 15 is 0 Å². The maximum absolute atomic E-state index is 13.6. The quantitative estimate of drug-likeness (QED) is 0.724. The van der Waals surface area contributed by atoms with Crippen LogP contribution < -0.4 is 0 Å². The molecule has 4 nitrogen and oxygen atoms in total. The van der Waals surface area contributed by atoms with Crippen molar-refractivity contribution in [3.63, 3.8) is 0 Å². The van der Waals surface area contributed by atoms with E-state index in [0.717, 1.165) is 42.1 Å². The standard InChI is InChI=1S/C20H21FN4/c1-14(2)11-24-12-17-8-16(15-4-3-5-18(21)9-15)6-7-20(17)25-19(13-24)10-22-23-25/h3-10,14H,11-13H2,1-2H3. The molecule has 1 aliphatic heterocycles. The second-order valence-corrected chi connectivity index (χ2v) is 7.05.